The Labute approximate surface area is 61.1 Å². The lowest BCUT2D eigenvalue weighted by atomic mass is 9.77. The Hall–Kier alpha value is -0.730. The van der Waals surface area contributed by atoms with Gasteiger partial charge in [0.25, 0.3) is 0 Å². The fourth-order valence-electron chi connectivity index (χ4n) is 0.831. The molecular weight excluding hydrogens is 126 g/mol. The van der Waals surface area contributed by atoms with Gasteiger partial charge in [-0.1, -0.05) is 29.7 Å². The van der Waals surface area contributed by atoms with Crippen molar-refractivity contribution in [2.24, 2.45) is 0 Å². The maximum Gasteiger partial charge on any atom is 0.488 e. The van der Waals surface area contributed by atoms with Gasteiger partial charge in [-0.05, 0) is 5.46 Å². The standard InChI is InChI=1S/C6H8B2O2/c7-5-2-1-3-6(4-5)8(9)10/h1-4,9-10H,7H2. The van der Waals surface area contributed by atoms with Crippen LogP contribution in [-0.2, 0) is 0 Å². The van der Waals surface area contributed by atoms with Crippen LogP contribution in [0.2, 0.25) is 0 Å². The molecule has 0 aliphatic rings. The first-order chi connectivity index (χ1) is 4.70. The quantitative estimate of drug-likeness (QED) is 0.421. The van der Waals surface area contributed by atoms with E-state index in [9.17, 15) is 0 Å². The molecule has 4 heteroatoms. The van der Waals surface area contributed by atoms with E-state index in [0.29, 0.717) is 5.46 Å². The monoisotopic (exact) mass is 134 g/mol. The van der Waals surface area contributed by atoms with Gasteiger partial charge in [-0.3, -0.25) is 0 Å². The summed E-state index contributed by atoms with van der Waals surface area (Å²) in [6, 6.07) is 7.12. The van der Waals surface area contributed by atoms with Crippen molar-refractivity contribution in [2.75, 3.05) is 0 Å². The van der Waals surface area contributed by atoms with E-state index >= 15 is 0 Å². The summed E-state index contributed by atoms with van der Waals surface area (Å²) in [4.78, 5) is 0. The lowest BCUT2D eigenvalue weighted by Crippen LogP contribution is -2.31. The van der Waals surface area contributed by atoms with Crippen molar-refractivity contribution < 1.29 is 10.0 Å². The van der Waals surface area contributed by atoms with E-state index in [1.165, 1.54) is 0 Å². The highest BCUT2D eigenvalue weighted by molar-refractivity contribution is 6.59. The molecule has 2 nitrogen and oxygen atoms in total. The Bertz CT molecular complexity index is 225. The van der Waals surface area contributed by atoms with Crippen LogP contribution in [0.5, 0.6) is 0 Å². The largest absolute Gasteiger partial charge is 0.488 e. The summed E-state index contributed by atoms with van der Waals surface area (Å²) in [6.45, 7) is 0. The maximum absolute atomic E-state index is 8.70. The summed E-state index contributed by atoms with van der Waals surface area (Å²) in [7, 11) is 0.561. The van der Waals surface area contributed by atoms with Gasteiger partial charge in [0, 0.05) is 0 Å². The van der Waals surface area contributed by atoms with E-state index in [1.54, 1.807) is 18.2 Å². The van der Waals surface area contributed by atoms with Gasteiger partial charge in [0.2, 0.25) is 0 Å². The zero-order valence-corrected chi connectivity index (χ0v) is 5.78. The van der Waals surface area contributed by atoms with Gasteiger partial charge in [0.1, 0.15) is 7.85 Å². The fraction of sp³-hybridized carbons (Fsp3) is 0. The normalized spacial score (nSPS) is 9.40. The second-order valence-electron chi connectivity index (χ2n) is 2.29. The van der Waals surface area contributed by atoms with Gasteiger partial charge in [0.15, 0.2) is 0 Å². The van der Waals surface area contributed by atoms with Crippen molar-refractivity contribution in [1.82, 2.24) is 0 Å². The molecule has 0 heterocycles. The van der Waals surface area contributed by atoms with Gasteiger partial charge in [-0.25, -0.2) is 0 Å². The molecule has 0 aliphatic carbocycles. The molecule has 10 heavy (non-hydrogen) atoms. The van der Waals surface area contributed by atoms with Crippen molar-refractivity contribution in [3.8, 4) is 0 Å². The van der Waals surface area contributed by atoms with E-state index in [4.69, 9.17) is 10.0 Å². The van der Waals surface area contributed by atoms with Crippen molar-refractivity contribution in [3.05, 3.63) is 24.3 Å². The van der Waals surface area contributed by atoms with Gasteiger partial charge >= 0.3 is 7.12 Å². The average Bonchev–Trinajstić information content (AvgIpc) is 1.88. The summed E-state index contributed by atoms with van der Waals surface area (Å²) in [5, 5.41) is 17.4. The Balaban J connectivity index is 2.96. The number of hydrogen-bond donors (Lipinski definition) is 2. The van der Waals surface area contributed by atoms with Crippen molar-refractivity contribution in [2.45, 2.75) is 0 Å². The van der Waals surface area contributed by atoms with E-state index in [0.717, 1.165) is 5.46 Å². The van der Waals surface area contributed by atoms with Crippen molar-refractivity contribution in [1.29, 1.82) is 0 Å². The minimum atomic E-state index is -1.35. The molecule has 0 atom stereocenters. The molecule has 1 rings (SSSR count). The zero-order chi connectivity index (χ0) is 7.56. The minimum Gasteiger partial charge on any atom is -0.423 e. The molecule has 0 spiro atoms. The summed E-state index contributed by atoms with van der Waals surface area (Å²) < 4.78 is 0. The Morgan fingerprint density at radius 2 is 2.00 bits per heavy atom. The molecule has 0 fully saturated rings. The van der Waals surface area contributed by atoms with Crippen LogP contribution in [0.1, 0.15) is 0 Å². The van der Waals surface area contributed by atoms with Crippen LogP contribution in [0.15, 0.2) is 24.3 Å². The first-order valence-electron chi connectivity index (χ1n) is 3.13. The van der Waals surface area contributed by atoms with E-state index in [1.807, 2.05) is 13.9 Å². The van der Waals surface area contributed by atoms with Crippen LogP contribution in [0.4, 0.5) is 0 Å². The summed E-state index contributed by atoms with van der Waals surface area (Å²) in [5.74, 6) is 0. The number of benzene rings is 1. The van der Waals surface area contributed by atoms with Gasteiger partial charge in [-0.2, -0.15) is 0 Å². The SMILES string of the molecule is Bc1cccc(B(O)O)c1. The maximum atomic E-state index is 8.70. The smallest absolute Gasteiger partial charge is 0.423 e. The van der Waals surface area contributed by atoms with Gasteiger partial charge < -0.3 is 10.0 Å². The third-order valence-electron chi connectivity index (χ3n) is 1.34. The molecule has 0 aromatic heterocycles. The topological polar surface area (TPSA) is 40.5 Å². The zero-order valence-electron chi connectivity index (χ0n) is 5.78. The molecule has 1 aromatic rings. The molecule has 0 aliphatic heterocycles. The van der Waals surface area contributed by atoms with Gasteiger partial charge in [0.05, 0.1) is 0 Å². The molecule has 0 bridgehead atoms. The second kappa shape index (κ2) is 2.90. The molecule has 0 radical (unpaired) electrons. The van der Waals surface area contributed by atoms with Crippen molar-refractivity contribution >= 4 is 25.9 Å². The summed E-state index contributed by atoms with van der Waals surface area (Å²) in [6.07, 6.45) is 0. The van der Waals surface area contributed by atoms with Crippen molar-refractivity contribution in [3.63, 3.8) is 0 Å². The molecule has 0 saturated carbocycles. The second-order valence-corrected chi connectivity index (χ2v) is 2.29. The highest BCUT2D eigenvalue weighted by Crippen LogP contribution is 1.79. The van der Waals surface area contributed by atoms with Crippen LogP contribution in [0, 0.1) is 0 Å². The third kappa shape index (κ3) is 1.62. The lowest BCUT2D eigenvalue weighted by molar-refractivity contribution is 0.426. The molecular formula is C6H8B2O2. The molecule has 0 amide bonds. The van der Waals surface area contributed by atoms with Crippen LogP contribution >= 0.6 is 0 Å². The summed E-state index contributed by atoms with van der Waals surface area (Å²) >= 11 is 0. The Kier molecular flexibility index (Phi) is 2.14. The Morgan fingerprint density at radius 3 is 2.40 bits per heavy atom. The first-order valence-corrected chi connectivity index (χ1v) is 3.13. The van der Waals surface area contributed by atoms with E-state index < -0.39 is 7.12 Å². The molecule has 0 unspecified atom stereocenters. The van der Waals surface area contributed by atoms with E-state index in [2.05, 4.69) is 0 Å². The highest BCUT2D eigenvalue weighted by atomic mass is 16.4. The minimum absolute atomic E-state index is 0.542. The summed E-state index contributed by atoms with van der Waals surface area (Å²) in [5.41, 5.74) is 1.57. The molecule has 1 aromatic carbocycles. The van der Waals surface area contributed by atoms with Crippen LogP contribution in [0.3, 0.4) is 0 Å². The predicted molar refractivity (Wildman–Crippen MR) is 44.4 cm³/mol. The fourth-order valence-corrected chi connectivity index (χ4v) is 0.831. The average molecular weight is 134 g/mol. The van der Waals surface area contributed by atoms with Gasteiger partial charge in [-0.15, -0.1) is 0 Å². The van der Waals surface area contributed by atoms with Crippen LogP contribution in [-0.4, -0.2) is 25.0 Å². The number of rotatable bonds is 1. The van der Waals surface area contributed by atoms with Crippen LogP contribution < -0.4 is 10.9 Å². The predicted octanol–water partition coefficient (Wildman–Crippen LogP) is -2.38. The highest BCUT2D eigenvalue weighted by Gasteiger charge is 2.08. The van der Waals surface area contributed by atoms with E-state index in [-0.39, 0.29) is 0 Å². The molecule has 2 N–H and O–H groups in total. The third-order valence-corrected chi connectivity index (χ3v) is 1.34. The molecule has 0 saturated heterocycles. The lowest BCUT2D eigenvalue weighted by Gasteiger charge is -1.98. The first kappa shape index (κ1) is 7.38. The van der Waals surface area contributed by atoms with Crippen LogP contribution in [0.25, 0.3) is 0 Å². The number of hydrogen-bond acceptors (Lipinski definition) is 2. The molecule has 50 valence electrons. The Morgan fingerprint density at radius 1 is 1.30 bits per heavy atom.